The Bertz CT molecular complexity index is 938. The van der Waals surface area contributed by atoms with Crippen LogP contribution < -0.4 is 10.1 Å². The Labute approximate surface area is 222 Å². The number of fused-ring (bicyclic) bond motifs is 2. The quantitative estimate of drug-likeness (QED) is 0.298. The Balaban J connectivity index is 1.57. The fraction of sp³-hybridized carbons (Fsp3) is 0.667. The van der Waals surface area contributed by atoms with Crippen LogP contribution in [0.1, 0.15) is 46.1 Å². The van der Waals surface area contributed by atoms with Crippen LogP contribution in [0.15, 0.2) is 30.9 Å². The number of amides is 1. The number of carbonyl (C=O) groups excluding carboxylic acids is 1. The van der Waals surface area contributed by atoms with Gasteiger partial charge >= 0.3 is 0 Å². The van der Waals surface area contributed by atoms with Crippen molar-refractivity contribution in [2.45, 2.75) is 71.4 Å². The van der Waals surface area contributed by atoms with Crippen LogP contribution in [0.25, 0.3) is 0 Å². The molecule has 1 unspecified atom stereocenters. The SMILES string of the molecule is C=CCOc1c(I)cccc1CN1O[C@@H](CO)[C@@H]([C@H](C)O)[C@H]1C(=O)N[C@H]1CC2C[C@@H]([C@@H]1C)C2(C)C. The summed E-state index contributed by atoms with van der Waals surface area (Å²) in [5.41, 5.74) is 1.20. The van der Waals surface area contributed by atoms with Gasteiger partial charge in [0.25, 0.3) is 0 Å². The van der Waals surface area contributed by atoms with Gasteiger partial charge in [-0.3, -0.25) is 9.63 Å². The first-order valence-electron chi connectivity index (χ1n) is 12.6. The Morgan fingerprint density at radius 3 is 2.77 bits per heavy atom. The van der Waals surface area contributed by atoms with E-state index < -0.39 is 24.2 Å². The van der Waals surface area contributed by atoms with Gasteiger partial charge < -0.3 is 20.3 Å². The maximum atomic E-state index is 13.8. The Morgan fingerprint density at radius 1 is 1.43 bits per heavy atom. The highest BCUT2D eigenvalue weighted by molar-refractivity contribution is 14.1. The van der Waals surface area contributed by atoms with Crippen molar-refractivity contribution < 1.29 is 24.6 Å². The number of para-hydroxylation sites is 1. The van der Waals surface area contributed by atoms with Gasteiger partial charge in [0, 0.05) is 17.5 Å². The summed E-state index contributed by atoms with van der Waals surface area (Å²) in [4.78, 5) is 19.9. The summed E-state index contributed by atoms with van der Waals surface area (Å²) >= 11 is 2.23. The standard InChI is InChI=1S/C27H39IN2O5/c1-6-10-34-25-17(8-7-9-20(25)28)13-30-24(23(16(3)32)22(14-31)35-30)26(33)29-21-12-18-11-19(15(21)2)27(18,4)5/h6-9,15-16,18-19,21-24,31-32H,1,10-14H2,2-5H3,(H,29,33)/t15-,16-,18?,19-,21-,22-,23+,24-/m0/s1. The number of hydroxylamine groups is 2. The number of hydrogen-bond acceptors (Lipinski definition) is 6. The first-order chi connectivity index (χ1) is 16.6. The van der Waals surface area contributed by atoms with E-state index in [1.807, 2.05) is 18.2 Å². The van der Waals surface area contributed by atoms with Crippen LogP contribution in [-0.4, -0.2) is 58.7 Å². The summed E-state index contributed by atoms with van der Waals surface area (Å²) in [5, 5.41) is 25.6. The van der Waals surface area contributed by atoms with Gasteiger partial charge in [0.05, 0.1) is 22.8 Å². The number of aliphatic hydroxyl groups is 2. The van der Waals surface area contributed by atoms with Crippen molar-refractivity contribution in [1.29, 1.82) is 0 Å². The van der Waals surface area contributed by atoms with Crippen LogP contribution in [0.3, 0.4) is 0 Å². The number of aliphatic hydroxyl groups excluding tert-OH is 2. The number of carbonyl (C=O) groups is 1. The molecule has 4 fully saturated rings. The summed E-state index contributed by atoms with van der Waals surface area (Å²) in [7, 11) is 0. The van der Waals surface area contributed by atoms with Gasteiger partial charge in [-0.15, -0.1) is 0 Å². The van der Waals surface area contributed by atoms with E-state index >= 15 is 0 Å². The third-order valence-electron chi connectivity index (χ3n) is 8.78. The normalized spacial score (nSPS) is 34.7. The molecule has 1 aromatic rings. The fourth-order valence-corrected chi connectivity index (χ4v) is 7.34. The minimum absolute atomic E-state index is 0.105. The van der Waals surface area contributed by atoms with Gasteiger partial charge in [0.1, 0.15) is 24.5 Å². The van der Waals surface area contributed by atoms with Crippen LogP contribution >= 0.6 is 22.6 Å². The highest BCUT2D eigenvalue weighted by Crippen LogP contribution is 2.61. The number of nitrogens with zero attached hydrogens (tertiary/aromatic N) is 1. The molecule has 0 spiro atoms. The molecule has 1 aliphatic heterocycles. The van der Waals surface area contributed by atoms with E-state index in [2.05, 4.69) is 55.3 Å². The third-order valence-corrected chi connectivity index (χ3v) is 9.63. The predicted molar refractivity (Wildman–Crippen MR) is 142 cm³/mol. The molecule has 0 aromatic heterocycles. The number of benzene rings is 1. The second-order valence-electron chi connectivity index (χ2n) is 11.1. The predicted octanol–water partition coefficient (Wildman–Crippen LogP) is 3.52. The molecule has 5 rings (SSSR count). The van der Waals surface area contributed by atoms with Gasteiger partial charge in [0.15, 0.2) is 0 Å². The average molecular weight is 599 g/mol. The molecule has 3 saturated carbocycles. The lowest BCUT2D eigenvalue weighted by molar-refractivity contribution is -0.183. The molecule has 1 aromatic carbocycles. The highest BCUT2D eigenvalue weighted by atomic mass is 127. The van der Waals surface area contributed by atoms with Crippen molar-refractivity contribution in [3.8, 4) is 5.75 Å². The smallest absolute Gasteiger partial charge is 0.240 e. The second-order valence-corrected chi connectivity index (χ2v) is 12.2. The number of halogens is 1. The van der Waals surface area contributed by atoms with Crippen molar-refractivity contribution in [2.24, 2.45) is 29.1 Å². The molecular formula is C27H39IN2O5. The van der Waals surface area contributed by atoms with Gasteiger partial charge in [0.2, 0.25) is 5.91 Å². The van der Waals surface area contributed by atoms with E-state index in [1.54, 1.807) is 18.1 Å². The molecule has 2 bridgehead atoms. The average Bonchev–Trinajstić information content (AvgIpc) is 3.18. The van der Waals surface area contributed by atoms with Crippen molar-refractivity contribution in [2.75, 3.05) is 13.2 Å². The first kappa shape index (κ1) is 26.9. The largest absolute Gasteiger partial charge is 0.488 e. The van der Waals surface area contributed by atoms with Crippen molar-refractivity contribution in [1.82, 2.24) is 10.4 Å². The van der Waals surface area contributed by atoms with Gasteiger partial charge in [-0.2, -0.15) is 5.06 Å². The Morgan fingerprint density at radius 2 is 2.17 bits per heavy atom. The molecule has 1 heterocycles. The minimum atomic E-state index is -0.823. The van der Waals surface area contributed by atoms with E-state index in [9.17, 15) is 15.0 Å². The Hall–Kier alpha value is -1.20. The Kier molecular flexibility index (Phi) is 8.17. The summed E-state index contributed by atoms with van der Waals surface area (Å²) in [6, 6.07) is 5.23. The number of nitrogens with one attached hydrogen (secondary N) is 1. The molecule has 1 amide bonds. The molecule has 4 aliphatic rings. The number of hydrogen-bond donors (Lipinski definition) is 3. The van der Waals surface area contributed by atoms with Crippen LogP contribution in [0, 0.1) is 32.7 Å². The molecule has 3 aliphatic carbocycles. The number of ether oxygens (including phenoxy) is 1. The molecule has 194 valence electrons. The lowest BCUT2D eigenvalue weighted by Gasteiger charge is -2.62. The third kappa shape index (κ3) is 5.01. The van der Waals surface area contributed by atoms with Crippen molar-refractivity contribution >= 4 is 28.5 Å². The maximum Gasteiger partial charge on any atom is 0.240 e. The van der Waals surface area contributed by atoms with E-state index in [0.717, 1.165) is 21.3 Å². The maximum absolute atomic E-state index is 13.8. The van der Waals surface area contributed by atoms with E-state index in [-0.39, 0.29) is 18.6 Å². The van der Waals surface area contributed by atoms with Crippen LogP contribution in [0.4, 0.5) is 0 Å². The summed E-state index contributed by atoms with van der Waals surface area (Å²) in [5.74, 6) is 1.64. The van der Waals surface area contributed by atoms with Crippen LogP contribution in [-0.2, 0) is 16.2 Å². The van der Waals surface area contributed by atoms with Crippen LogP contribution in [0.5, 0.6) is 5.75 Å². The minimum Gasteiger partial charge on any atom is -0.488 e. The molecule has 0 radical (unpaired) electrons. The molecular weight excluding hydrogens is 559 g/mol. The van der Waals surface area contributed by atoms with Crippen LogP contribution in [0.2, 0.25) is 0 Å². The molecule has 8 heteroatoms. The topological polar surface area (TPSA) is 91.3 Å². The zero-order chi connectivity index (χ0) is 25.5. The summed E-state index contributed by atoms with van der Waals surface area (Å²) in [6.45, 7) is 12.7. The summed E-state index contributed by atoms with van der Waals surface area (Å²) in [6.07, 6.45) is 2.42. The molecule has 7 nitrogen and oxygen atoms in total. The highest BCUT2D eigenvalue weighted by Gasteiger charge is 2.57. The molecule has 35 heavy (non-hydrogen) atoms. The lowest BCUT2D eigenvalue weighted by atomic mass is 9.45. The lowest BCUT2D eigenvalue weighted by Crippen LogP contribution is -2.62. The monoisotopic (exact) mass is 598 g/mol. The first-order valence-corrected chi connectivity index (χ1v) is 13.7. The van der Waals surface area contributed by atoms with E-state index in [4.69, 9.17) is 9.57 Å². The molecule has 1 saturated heterocycles. The molecule has 8 atom stereocenters. The van der Waals surface area contributed by atoms with E-state index in [0.29, 0.717) is 36.3 Å². The fourth-order valence-electron chi connectivity index (χ4n) is 6.63. The summed E-state index contributed by atoms with van der Waals surface area (Å²) < 4.78 is 6.86. The van der Waals surface area contributed by atoms with Gasteiger partial charge in [-0.25, -0.2) is 0 Å². The zero-order valence-corrected chi connectivity index (χ0v) is 23.3. The van der Waals surface area contributed by atoms with Gasteiger partial charge in [-0.05, 0) is 71.6 Å². The van der Waals surface area contributed by atoms with E-state index in [1.165, 1.54) is 6.42 Å². The molecule has 3 N–H and O–H groups in total. The van der Waals surface area contributed by atoms with Crippen molar-refractivity contribution in [3.63, 3.8) is 0 Å². The number of rotatable bonds is 9. The van der Waals surface area contributed by atoms with Crippen molar-refractivity contribution in [3.05, 3.63) is 40.0 Å². The van der Waals surface area contributed by atoms with Gasteiger partial charge in [-0.1, -0.05) is 45.6 Å². The second kappa shape index (κ2) is 10.7. The zero-order valence-electron chi connectivity index (χ0n) is 21.1.